The molecule has 0 aliphatic carbocycles. The van der Waals surface area contributed by atoms with Gasteiger partial charge in [-0.15, -0.1) is 0 Å². The van der Waals surface area contributed by atoms with Crippen molar-refractivity contribution < 1.29 is 24.3 Å². The number of rotatable bonds is 13. The highest BCUT2D eigenvalue weighted by Crippen LogP contribution is 2.22. The van der Waals surface area contributed by atoms with Gasteiger partial charge in [0.2, 0.25) is 23.6 Å². The molecule has 218 valence electrons. The van der Waals surface area contributed by atoms with Gasteiger partial charge in [-0.25, -0.2) is 0 Å². The number of nitrogens with one attached hydrogen (secondary N) is 3. The van der Waals surface area contributed by atoms with E-state index < -0.39 is 47.8 Å². The zero-order chi connectivity index (χ0) is 30.1. The van der Waals surface area contributed by atoms with Crippen molar-refractivity contribution in [3.05, 3.63) is 64.7 Å². The lowest BCUT2D eigenvalue weighted by molar-refractivity contribution is -0.135. The Hall–Kier alpha value is -3.92. The zero-order valence-corrected chi connectivity index (χ0v) is 24.2. The number of primary amides is 1. The van der Waals surface area contributed by atoms with Crippen LogP contribution in [0.1, 0.15) is 49.9 Å². The monoisotopic (exact) mass is 553 g/mol. The molecule has 10 nitrogen and oxygen atoms in total. The minimum atomic E-state index is -0.973. The van der Waals surface area contributed by atoms with Gasteiger partial charge in [0.15, 0.2) is 0 Å². The van der Waals surface area contributed by atoms with Crippen molar-refractivity contribution in [1.29, 1.82) is 0 Å². The smallest absolute Gasteiger partial charge is 0.243 e. The fraction of sp³-hybridized carbons (Fsp3) is 0.467. The van der Waals surface area contributed by atoms with Crippen LogP contribution in [0.4, 0.5) is 0 Å². The van der Waals surface area contributed by atoms with Gasteiger partial charge in [0.1, 0.15) is 23.9 Å². The fourth-order valence-corrected chi connectivity index (χ4v) is 4.51. The average molecular weight is 554 g/mol. The van der Waals surface area contributed by atoms with E-state index in [1.165, 1.54) is 0 Å². The van der Waals surface area contributed by atoms with Gasteiger partial charge in [-0.05, 0) is 66.5 Å². The highest BCUT2D eigenvalue weighted by Gasteiger charge is 2.33. The third kappa shape index (κ3) is 9.08. The van der Waals surface area contributed by atoms with Crippen LogP contribution in [-0.4, -0.2) is 52.9 Å². The van der Waals surface area contributed by atoms with Crippen molar-refractivity contribution in [2.75, 3.05) is 0 Å². The van der Waals surface area contributed by atoms with Crippen LogP contribution in [0, 0.1) is 25.7 Å². The molecule has 4 atom stereocenters. The molecule has 0 unspecified atom stereocenters. The summed E-state index contributed by atoms with van der Waals surface area (Å²) in [6.45, 7) is 10.7. The molecule has 2 aromatic carbocycles. The number of carbonyl (C=O) groups excluding carboxylic acids is 4. The number of hydrogen-bond donors (Lipinski definition) is 6. The van der Waals surface area contributed by atoms with Gasteiger partial charge in [0.25, 0.3) is 0 Å². The molecular formula is C30H43N5O5. The summed E-state index contributed by atoms with van der Waals surface area (Å²) in [6, 6.07) is 8.55. The van der Waals surface area contributed by atoms with E-state index in [0.29, 0.717) is 0 Å². The maximum absolute atomic E-state index is 13.3. The lowest BCUT2D eigenvalue weighted by atomic mass is 9.95. The molecule has 0 spiro atoms. The van der Waals surface area contributed by atoms with E-state index in [2.05, 4.69) is 16.0 Å². The molecule has 10 heteroatoms. The largest absolute Gasteiger partial charge is 0.508 e. The molecule has 2 aromatic rings. The van der Waals surface area contributed by atoms with Crippen LogP contribution < -0.4 is 27.4 Å². The number of hydrogen-bond acceptors (Lipinski definition) is 6. The van der Waals surface area contributed by atoms with Gasteiger partial charge >= 0.3 is 0 Å². The van der Waals surface area contributed by atoms with Crippen molar-refractivity contribution in [3.63, 3.8) is 0 Å². The first-order valence-electron chi connectivity index (χ1n) is 13.5. The summed E-state index contributed by atoms with van der Waals surface area (Å²) in [5, 5.41) is 17.9. The molecule has 0 saturated carbocycles. The van der Waals surface area contributed by atoms with Crippen molar-refractivity contribution >= 4 is 23.6 Å². The Morgan fingerprint density at radius 3 is 1.73 bits per heavy atom. The molecule has 0 aliphatic heterocycles. The van der Waals surface area contributed by atoms with E-state index in [1.54, 1.807) is 39.8 Å². The van der Waals surface area contributed by atoms with Gasteiger partial charge < -0.3 is 32.5 Å². The maximum atomic E-state index is 13.3. The van der Waals surface area contributed by atoms with E-state index in [-0.39, 0.29) is 30.4 Å². The first-order chi connectivity index (χ1) is 18.7. The van der Waals surface area contributed by atoms with Crippen LogP contribution in [0.2, 0.25) is 0 Å². The molecule has 0 radical (unpaired) electrons. The molecule has 40 heavy (non-hydrogen) atoms. The van der Waals surface area contributed by atoms with E-state index in [4.69, 9.17) is 11.5 Å². The number of nitrogens with two attached hydrogens (primary N) is 2. The Balaban J connectivity index is 2.11. The van der Waals surface area contributed by atoms with Crippen molar-refractivity contribution in [2.24, 2.45) is 23.3 Å². The lowest BCUT2D eigenvalue weighted by Gasteiger charge is -2.29. The molecule has 8 N–H and O–H groups in total. The number of aryl methyl sites for hydroxylation is 2. The summed E-state index contributed by atoms with van der Waals surface area (Å²) in [4.78, 5) is 51.6. The van der Waals surface area contributed by atoms with Crippen molar-refractivity contribution in [2.45, 2.75) is 78.6 Å². The predicted octanol–water partition coefficient (Wildman–Crippen LogP) is 1.37. The summed E-state index contributed by atoms with van der Waals surface area (Å²) < 4.78 is 0. The molecule has 0 fully saturated rings. The van der Waals surface area contributed by atoms with E-state index in [0.717, 1.165) is 22.3 Å². The zero-order valence-electron chi connectivity index (χ0n) is 24.2. The standard InChI is InChI=1S/C30H43N5O5/c1-16(2)25(29(39)33-24(27(32)37)14-20-10-8-7-9-11-20)35-30(40)26(17(3)4)34-28(38)23(31)15-22-18(5)12-21(36)13-19(22)6/h7-13,16-17,23-26,36H,14-15,31H2,1-6H3,(H2,32,37)(H,33,39)(H,34,38)(H,35,40)/t23-,24-,25-,26+/m1/s1. The quantitative estimate of drug-likeness (QED) is 0.218. The second-order valence-corrected chi connectivity index (χ2v) is 11.0. The van der Waals surface area contributed by atoms with Gasteiger partial charge in [0.05, 0.1) is 6.04 Å². The van der Waals surface area contributed by atoms with Gasteiger partial charge in [-0.1, -0.05) is 58.0 Å². The lowest BCUT2D eigenvalue weighted by Crippen LogP contribution is -2.60. The molecule has 0 saturated heterocycles. The number of amides is 4. The SMILES string of the molecule is Cc1cc(O)cc(C)c1C[C@@H](N)C(=O)N[C@H](C(=O)N[C@@H](C(=O)N[C@H](Cc1ccccc1)C(N)=O)C(C)C)C(C)C. The third-order valence-corrected chi connectivity index (χ3v) is 6.88. The molecule has 0 aliphatic rings. The van der Waals surface area contributed by atoms with Crippen LogP contribution >= 0.6 is 0 Å². The molecule has 4 amide bonds. The maximum Gasteiger partial charge on any atom is 0.243 e. The van der Waals surface area contributed by atoms with Crippen molar-refractivity contribution in [1.82, 2.24) is 16.0 Å². The third-order valence-electron chi connectivity index (χ3n) is 6.88. The minimum Gasteiger partial charge on any atom is -0.508 e. The highest BCUT2D eigenvalue weighted by atomic mass is 16.3. The number of benzene rings is 2. The van der Waals surface area contributed by atoms with E-state index in [9.17, 15) is 24.3 Å². The summed E-state index contributed by atoms with van der Waals surface area (Å²) in [5.74, 6) is -2.78. The first kappa shape index (κ1) is 32.3. The van der Waals surface area contributed by atoms with Crippen LogP contribution in [0.15, 0.2) is 42.5 Å². The summed E-state index contributed by atoms with van der Waals surface area (Å²) in [6.07, 6.45) is 0.437. The Kier molecular flexibility index (Phi) is 11.7. The van der Waals surface area contributed by atoms with Crippen LogP contribution in [0.25, 0.3) is 0 Å². The van der Waals surface area contributed by atoms with Crippen LogP contribution in [0.5, 0.6) is 5.75 Å². The van der Waals surface area contributed by atoms with Gasteiger partial charge in [-0.2, -0.15) is 0 Å². The number of phenolic OH excluding ortho intramolecular Hbond substituents is 1. The second-order valence-electron chi connectivity index (χ2n) is 11.0. The number of aromatic hydroxyl groups is 1. The Morgan fingerprint density at radius 1 is 0.775 bits per heavy atom. The normalized spacial score (nSPS) is 14.2. The first-order valence-corrected chi connectivity index (χ1v) is 13.5. The van der Waals surface area contributed by atoms with Crippen molar-refractivity contribution in [3.8, 4) is 5.75 Å². The fourth-order valence-electron chi connectivity index (χ4n) is 4.51. The molecule has 0 aromatic heterocycles. The minimum absolute atomic E-state index is 0.138. The van der Waals surface area contributed by atoms with E-state index >= 15 is 0 Å². The van der Waals surface area contributed by atoms with Crippen LogP contribution in [-0.2, 0) is 32.0 Å². The Bertz CT molecular complexity index is 1180. The average Bonchev–Trinajstić information content (AvgIpc) is 2.87. The topological polar surface area (TPSA) is 177 Å². The summed E-state index contributed by atoms with van der Waals surface area (Å²) in [5.41, 5.74) is 15.1. The van der Waals surface area contributed by atoms with Crippen LogP contribution in [0.3, 0.4) is 0 Å². The summed E-state index contributed by atoms with van der Waals surface area (Å²) in [7, 11) is 0. The molecule has 0 bridgehead atoms. The van der Waals surface area contributed by atoms with Gasteiger partial charge in [0, 0.05) is 6.42 Å². The Labute approximate surface area is 236 Å². The number of carbonyl (C=O) groups is 4. The van der Waals surface area contributed by atoms with Gasteiger partial charge in [-0.3, -0.25) is 19.2 Å². The van der Waals surface area contributed by atoms with E-state index in [1.807, 2.05) is 44.2 Å². The summed E-state index contributed by atoms with van der Waals surface area (Å²) >= 11 is 0. The molecular weight excluding hydrogens is 510 g/mol. The highest BCUT2D eigenvalue weighted by molar-refractivity contribution is 5.95. The Morgan fingerprint density at radius 2 is 1.25 bits per heavy atom. The molecule has 0 heterocycles. The predicted molar refractivity (Wildman–Crippen MR) is 154 cm³/mol. The second kappa shape index (κ2) is 14.5. The molecule has 2 rings (SSSR count). The number of phenols is 1.